The molecule has 1 aromatic carbocycles. The van der Waals surface area contributed by atoms with Crippen molar-refractivity contribution in [2.75, 3.05) is 13.2 Å². The van der Waals surface area contributed by atoms with Gasteiger partial charge in [-0.2, -0.15) is 10.5 Å². The van der Waals surface area contributed by atoms with Gasteiger partial charge in [-0.15, -0.1) is 0 Å². The van der Waals surface area contributed by atoms with Gasteiger partial charge >= 0.3 is 0 Å². The maximum absolute atomic E-state index is 8.92. The minimum Gasteiger partial charge on any atom is -0.395 e. The highest BCUT2D eigenvalue weighted by atomic mass is 16.3. The number of hydrogen-bond donors (Lipinski definition) is 2. The second-order valence-corrected chi connectivity index (χ2v) is 2.94. The summed E-state index contributed by atoms with van der Waals surface area (Å²) in [5, 5.41) is 29.3. The fourth-order valence-electron chi connectivity index (χ4n) is 1.28. The Bertz CT molecular complexity index is 403. The maximum atomic E-state index is 8.92. The van der Waals surface area contributed by atoms with Crippen LogP contribution >= 0.6 is 0 Å². The molecule has 0 radical (unpaired) electrons. The minimum absolute atomic E-state index is 0.0348. The van der Waals surface area contributed by atoms with Gasteiger partial charge in [-0.25, -0.2) is 0 Å². The van der Waals surface area contributed by atoms with Gasteiger partial charge in [0.2, 0.25) is 0 Å². The van der Waals surface area contributed by atoms with Crippen LogP contribution in [0.15, 0.2) is 24.3 Å². The van der Waals surface area contributed by atoms with Gasteiger partial charge in [-0.1, -0.05) is 18.2 Å². The highest BCUT2D eigenvalue weighted by Gasteiger charge is 2.12. The molecule has 0 aliphatic heterocycles. The van der Waals surface area contributed by atoms with Gasteiger partial charge in [0.05, 0.1) is 24.3 Å². The Morgan fingerprint density at radius 3 is 2.67 bits per heavy atom. The van der Waals surface area contributed by atoms with Gasteiger partial charge in [0.1, 0.15) is 6.04 Å². The predicted molar refractivity (Wildman–Crippen MR) is 54.6 cm³/mol. The minimum atomic E-state index is -0.548. The first-order valence-corrected chi connectivity index (χ1v) is 4.56. The molecule has 1 atom stereocenters. The van der Waals surface area contributed by atoms with Gasteiger partial charge in [-0.3, -0.25) is 5.32 Å². The molecule has 1 rings (SSSR count). The Morgan fingerprint density at radius 1 is 1.33 bits per heavy atom. The normalized spacial score (nSPS) is 11.4. The molecule has 1 aromatic rings. The molecule has 0 aliphatic carbocycles. The quantitative estimate of drug-likeness (QED) is 0.751. The largest absolute Gasteiger partial charge is 0.395 e. The van der Waals surface area contributed by atoms with E-state index in [2.05, 4.69) is 11.4 Å². The van der Waals surface area contributed by atoms with E-state index in [0.29, 0.717) is 17.7 Å². The van der Waals surface area contributed by atoms with Crippen LogP contribution in [-0.4, -0.2) is 18.3 Å². The number of hydrogen-bond acceptors (Lipinski definition) is 4. The van der Waals surface area contributed by atoms with Gasteiger partial charge < -0.3 is 5.11 Å². The molecular weight excluding hydrogens is 190 g/mol. The van der Waals surface area contributed by atoms with Crippen LogP contribution in [0.25, 0.3) is 0 Å². The Hall–Kier alpha value is -1.88. The van der Waals surface area contributed by atoms with Crippen LogP contribution in [0.1, 0.15) is 17.2 Å². The number of nitrogens with one attached hydrogen (secondary N) is 1. The average Bonchev–Trinajstić information content (AvgIpc) is 2.30. The van der Waals surface area contributed by atoms with E-state index in [1.54, 1.807) is 24.3 Å². The van der Waals surface area contributed by atoms with Gasteiger partial charge in [0.15, 0.2) is 0 Å². The fourth-order valence-corrected chi connectivity index (χ4v) is 1.28. The Balaban J connectivity index is 2.93. The number of rotatable bonds is 4. The molecule has 0 spiro atoms. The van der Waals surface area contributed by atoms with Crippen LogP contribution in [0.5, 0.6) is 0 Å². The van der Waals surface area contributed by atoms with Crippen molar-refractivity contribution in [1.29, 1.82) is 10.5 Å². The number of nitrogens with zero attached hydrogens (tertiary/aromatic N) is 2. The maximum Gasteiger partial charge on any atom is 0.122 e. The van der Waals surface area contributed by atoms with E-state index in [9.17, 15) is 0 Å². The molecule has 0 bridgehead atoms. The first kappa shape index (κ1) is 11.2. The van der Waals surface area contributed by atoms with Crippen molar-refractivity contribution in [1.82, 2.24) is 5.32 Å². The zero-order valence-electron chi connectivity index (χ0n) is 8.14. The molecule has 0 saturated heterocycles. The number of nitriles is 2. The number of aliphatic hydroxyl groups excluding tert-OH is 1. The van der Waals surface area contributed by atoms with Gasteiger partial charge in [-0.05, 0) is 6.07 Å². The van der Waals surface area contributed by atoms with Crippen molar-refractivity contribution in [3.05, 3.63) is 35.4 Å². The summed E-state index contributed by atoms with van der Waals surface area (Å²) < 4.78 is 0. The lowest BCUT2D eigenvalue weighted by molar-refractivity contribution is 0.289. The third kappa shape index (κ3) is 2.78. The van der Waals surface area contributed by atoms with Crippen LogP contribution in [0.4, 0.5) is 0 Å². The van der Waals surface area contributed by atoms with Crippen molar-refractivity contribution in [3.63, 3.8) is 0 Å². The SMILES string of the molecule is N#Cc1ccccc1C(C#N)NCCO. The zero-order chi connectivity index (χ0) is 11.1. The standard InChI is InChI=1S/C11H11N3O/c12-7-9-3-1-2-4-10(9)11(8-13)14-5-6-15/h1-4,11,14-15H,5-6H2. The predicted octanol–water partition coefficient (Wildman–Crippen LogP) is 0.705. The Morgan fingerprint density at radius 2 is 2.07 bits per heavy atom. The van der Waals surface area contributed by atoms with E-state index in [1.165, 1.54) is 0 Å². The molecule has 76 valence electrons. The summed E-state index contributed by atoms with van der Waals surface area (Å²) in [5.74, 6) is 0. The molecule has 15 heavy (non-hydrogen) atoms. The third-order valence-electron chi connectivity index (χ3n) is 1.98. The molecule has 0 saturated carbocycles. The summed E-state index contributed by atoms with van der Waals surface area (Å²) in [6, 6.07) is 10.5. The molecule has 2 N–H and O–H groups in total. The highest BCUT2D eigenvalue weighted by Crippen LogP contribution is 2.16. The molecule has 1 unspecified atom stereocenters. The molecule has 4 heteroatoms. The molecule has 0 fully saturated rings. The van der Waals surface area contributed by atoms with Gasteiger partial charge in [0, 0.05) is 12.1 Å². The second-order valence-electron chi connectivity index (χ2n) is 2.94. The molecule has 0 heterocycles. The van der Waals surface area contributed by atoms with Crippen LogP contribution in [0.2, 0.25) is 0 Å². The highest BCUT2D eigenvalue weighted by molar-refractivity contribution is 5.41. The zero-order valence-corrected chi connectivity index (χ0v) is 8.14. The van der Waals surface area contributed by atoms with Crippen molar-refractivity contribution in [2.45, 2.75) is 6.04 Å². The van der Waals surface area contributed by atoms with E-state index in [-0.39, 0.29) is 6.61 Å². The average molecular weight is 201 g/mol. The number of aliphatic hydroxyl groups is 1. The first-order valence-electron chi connectivity index (χ1n) is 4.56. The molecule has 0 amide bonds. The lowest BCUT2D eigenvalue weighted by Crippen LogP contribution is -2.23. The Labute approximate surface area is 88.4 Å². The van der Waals surface area contributed by atoms with Crippen molar-refractivity contribution in [2.24, 2.45) is 0 Å². The molecule has 0 aliphatic rings. The van der Waals surface area contributed by atoms with Crippen molar-refractivity contribution < 1.29 is 5.11 Å². The van der Waals surface area contributed by atoms with E-state index < -0.39 is 6.04 Å². The first-order chi connectivity index (χ1) is 7.33. The van der Waals surface area contributed by atoms with E-state index in [4.69, 9.17) is 15.6 Å². The topological polar surface area (TPSA) is 79.8 Å². The third-order valence-corrected chi connectivity index (χ3v) is 1.98. The Kier molecular flexibility index (Phi) is 4.30. The summed E-state index contributed by atoms with van der Waals surface area (Å²) in [7, 11) is 0. The van der Waals surface area contributed by atoms with E-state index >= 15 is 0 Å². The number of benzene rings is 1. The lowest BCUT2D eigenvalue weighted by atomic mass is 10.0. The van der Waals surface area contributed by atoms with Crippen molar-refractivity contribution in [3.8, 4) is 12.1 Å². The summed E-state index contributed by atoms with van der Waals surface area (Å²) in [5.41, 5.74) is 1.13. The van der Waals surface area contributed by atoms with Gasteiger partial charge in [0.25, 0.3) is 0 Å². The van der Waals surface area contributed by atoms with Crippen molar-refractivity contribution >= 4 is 0 Å². The lowest BCUT2D eigenvalue weighted by Gasteiger charge is -2.11. The van der Waals surface area contributed by atoms with E-state index in [0.717, 1.165) is 0 Å². The smallest absolute Gasteiger partial charge is 0.122 e. The van der Waals surface area contributed by atoms with Crippen LogP contribution < -0.4 is 5.32 Å². The summed E-state index contributed by atoms with van der Waals surface area (Å²) >= 11 is 0. The molecular formula is C11H11N3O. The van der Waals surface area contributed by atoms with Crippen LogP contribution in [-0.2, 0) is 0 Å². The molecule has 0 aromatic heterocycles. The molecule has 4 nitrogen and oxygen atoms in total. The summed E-state index contributed by atoms with van der Waals surface area (Å²) in [4.78, 5) is 0. The van der Waals surface area contributed by atoms with E-state index in [1.807, 2.05) is 6.07 Å². The summed E-state index contributed by atoms with van der Waals surface area (Å²) in [6.45, 7) is 0.297. The summed E-state index contributed by atoms with van der Waals surface area (Å²) in [6.07, 6.45) is 0. The van der Waals surface area contributed by atoms with Crippen LogP contribution in [0.3, 0.4) is 0 Å². The second kappa shape index (κ2) is 5.77. The van der Waals surface area contributed by atoms with Crippen LogP contribution in [0, 0.1) is 22.7 Å². The fraction of sp³-hybridized carbons (Fsp3) is 0.273. The monoisotopic (exact) mass is 201 g/mol.